The largest absolute Gasteiger partial charge is 0.434 e. The van der Waals surface area contributed by atoms with Gasteiger partial charge in [-0.25, -0.2) is 18.4 Å². The summed E-state index contributed by atoms with van der Waals surface area (Å²) in [7, 11) is 3.10. The highest BCUT2D eigenvalue weighted by Crippen LogP contribution is 2.25. The summed E-state index contributed by atoms with van der Waals surface area (Å²) >= 11 is 0. The van der Waals surface area contributed by atoms with E-state index in [1.807, 2.05) is 0 Å². The van der Waals surface area contributed by atoms with E-state index in [2.05, 4.69) is 20.6 Å². The Morgan fingerprint density at radius 3 is 1.33 bits per heavy atom. The van der Waals surface area contributed by atoms with Crippen LogP contribution in [0.3, 0.4) is 0 Å². The highest BCUT2D eigenvalue weighted by Gasteiger charge is 2.25. The first-order chi connectivity index (χ1) is 20.4. The van der Waals surface area contributed by atoms with Gasteiger partial charge in [0.15, 0.2) is 12.5 Å². The Labute approximate surface area is 241 Å². The van der Waals surface area contributed by atoms with Crippen LogP contribution < -0.4 is 10.6 Å². The van der Waals surface area contributed by atoms with Gasteiger partial charge in [-0.05, 0) is 84.9 Å². The van der Waals surface area contributed by atoms with Crippen molar-refractivity contribution in [1.82, 2.24) is 20.6 Å². The van der Waals surface area contributed by atoms with Crippen LogP contribution >= 0.6 is 0 Å². The van der Waals surface area contributed by atoms with Gasteiger partial charge in [-0.3, -0.25) is 20.6 Å². The van der Waals surface area contributed by atoms with Crippen LogP contribution in [0.15, 0.2) is 110 Å². The fraction of sp³-hybridized carbons (Fsp3) is 0.125. The molecule has 0 aliphatic rings. The number of likely N-dealkylation sites (N-methyl/N-ethyl adjacent to an activating group) is 2. The van der Waals surface area contributed by atoms with Crippen molar-refractivity contribution in [2.45, 2.75) is 12.5 Å². The van der Waals surface area contributed by atoms with E-state index in [0.717, 1.165) is 0 Å². The standard InChI is InChI=1S/C32H28F2N4O4/c1-35-29(17-27(23-5-3-15-37-19-23)21-7-11-25(33)12-8-21)41-31(39)32(40)42-30(36-2)18-28(24-6-4-16-38-20-24)22-9-13-26(34)14-10-22/h3-20,29-30,35-36H,1-2H3. The molecule has 0 amide bonds. The van der Waals surface area contributed by atoms with Gasteiger partial charge < -0.3 is 9.47 Å². The maximum Gasteiger partial charge on any atom is 0.419 e. The monoisotopic (exact) mass is 570 g/mol. The van der Waals surface area contributed by atoms with Crippen LogP contribution in [0.2, 0.25) is 0 Å². The van der Waals surface area contributed by atoms with Crippen LogP contribution in [-0.4, -0.2) is 48.5 Å². The van der Waals surface area contributed by atoms with E-state index in [0.29, 0.717) is 33.4 Å². The molecule has 0 bridgehead atoms. The maximum absolute atomic E-state index is 13.6. The van der Waals surface area contributed by atoms with Gasteiger partial charge in [-0.15, -0.1) is 0 Å². The third-order valence-corrected chi connectivity index (χ3v) is 6.10. The van der Waals surface area contributed by atoms with Crippen molar-refractivity contribution in [3.63, 3.8) is 0 Å². The Morgan fingerprint density at radius 2 is 1.02 bits per heavy atom. The number of rotatable bonds is 10. The topological polar surface area (TPSA) is 102 Å². The number of pyridine rings is 2. The summed E-state index contributed by atoms with van der Waals surface area (Å²) in [6.07, 6.45) is 7.53. The molecule has 10 heteroatoms. The summed E-state index contributed by atoms with van der Waals surface area (Å²) in [5.41, 5.74) is 3.86. The first-order valence-electron chi connectivity index (χ1n) is 12.9. The number of hydrogen-bond acceptors (Lipinski definition) is 8. The molecule has 214 valence electrons. The minimum Gasteiger partial charge on any atom is -0.434 e. The number of esters is 2. The van der Waals surface area contributed by atoms with Crippen LogP contribution in [0, 0.1) is 11.6 Å². The molecule has 2 heterocycles. The first-order valence-corrected chi connectivity index (χ1v) is 12.9. The average Bonchev–Trinajstić information content (AvgIpc) is 3.03. The highest BCUT2D eigenvalue weighted by atomic mass is 19.1. The van der Waals surface area contributed by atoms with Crippen LogP contribution in [0.5, 0.6) is 0 Å². The molecule has 0 fully saturated rings. The normalized spacial score (nSPS) is 13.2. The highest BCUT2D eigenvalue weighted by molar-refractivity contribution is 6.29. The predicted molar refractivity (Wildman–Crippen MR) is 153 cm³/mol. The minimum atomic E-state index is -1.24. The van der Waals surface area contributed by atoms with Crippen molar-refractivity contribution in [3.8, 4) is 0 Å². The molecule has 8 nitrogen and oxygen atoms in total. The molecule has 42 heavy (non-hydrogen) atoms. The third-order valence-electron chi connectivity index (χ3n) is 6.10. The van der Waals surface area contributed by atoms with Gasteiger partial charge in [-0.2, -0.15) is 0 Å². The molecule has 0 spiro atoms. The molecule has 0 radical (unpaired) electrons. The minimum absolute atomic E-state index is 0.400. The molecule has 4 rings (SSSR count). The van der Waals surface area contributed by atoms with E-state index >= 15 is 0 Å². The molecular weight excluding hydrogens is 542 g/mol. The van der Waals surface area contributed by atoms with Crippen molar-refractivity contribution in [1.29, 1.82) is 0 Å². The number of benzene rings is 2. The fourth-order valence-corrected chi connectivity index (χ4v) is 4.00. The third kappa shape index (κ3) is 8.00. The van der Waals surface area contributed by atoms with Gasteiger partial charge in [0.25, 0.3) is 0 Å². The Morgan fingerprint density at radius 1 is 0.643 bits per heavy atom. The summed E-state index contributed by atoms with van der Waals surface area (Å²) < 4.78 is 37.9. The number of aromatic nitrogens is 2. The number of nitrogens with one attached hydrogen (secondary N) is 2. The first kappa shape index (κ1) is 29.9. The lowest BCUT2D eigenvalue weighted by Crippen LogP contribution is -2.37. The number of ether oxygens (including phenoxy) is 2. The van der Waals surface area contributed by atoms with E-state index in [1.165, 1.54) is 24.3 Å². The van der Waals surface area contributed by atoms with Gasteiger partial charge in [0, 0.05) is 35.9 Å². The summed E-state index contributed by atoms with van der Waals surface area (Å²) in [4.78, 5) is 33.9. The maximum atomic E-state index is 13.6. The molecule has 0 aliphatic heterocycles. The molecular formula is C32H28F2N4O4. The summed E-state index contributed by atoms with van der Waals surface area (Å²) in [6.45, 7) is 0. The fourth-order valence-electron chi connectivity index (χ4n) is 4.00. The lowest BCUT2D eigenvalue weighted by Gasteiger charge is -2.18. The van der Waals surface area contributed by atoms with Gasteiger partial charge in [-0.1, -0.05) is 36.4 Å². The zero-order valence-electron chi connectivity index (χ0n) is 22.8. The van der Waals surface area contributed by atoms with Gasteiger partial charge in [0.05, 0.1) is 0 Å². The Bertz CT molecular complexity index is 1430. The predicted octanol–water partition coefficient (Wildman–Crippen LogP) is 4.50. The summed E-state index contributed by atoms with van der Waals surface area (Å²) in [5.74, 6) is -3.28. The number of carbonyl (C=O) groups is 2. The molecule has 0 saturated carbocycles. The Balaban J connectivity index is 1.55. The smallest absolute Gasteiger partial charge is 0.419 e. The van der Waals surface area contributed by atoms with Gasteiger partial charge in [0.1, 0.15) is 11.6 Å². The van der Waals surface area contributed by atoms with E-state index in [1.54, 1.807) is 99.6 Å². The molecule has 0 aliphatic carbocycles. The van der Waals surface area contributed by atoms with Crippen molar-refractivity contribution < 1.29 is 27.8 Å². The Kier molecular flexibility index (Phi) is 10.4. The van der Waals surface area contributed by atoms with Gasteiger partial charge in [0.2, 0.25) is 0 Å². The molecule has 2 N–H and O–H groups in total. The zero-order chi connectivity index (χ0) is 29.9. The van der Waals surface area contributed by atoms with Crippen molar-refractivity contribution in [2.24, 2.45) is 0 Å². The van der Waals surface area contributed by atoms with E-state index < -0.39 is 36.0 Å². The van der Waals surface area contributed by atoms with E-state index in [4.69, 9.17) is 9.47 Å². The van der Waals surface area contributed by atoms with Crippen molar-refractivity contribution in [2.75, 3.05) is 14.1 Å². The molecule has 2 aromatic heterocycles. The average molecular weight is 571 g/mol. The molecule has 2 atom stereocenters. The second kappa shape index (κ2) is 14.5. The van der Waals surface area contributed by atoms with Crippen molar-refractivity contribution >= 4 is 23.1 Å². The second-order valence-electron chi connectivity index (χ2n) is 8.89. The summed E-state index contributed by atoms with van der Waals surface area (Å²) in [6, 6.07) is 18.7. The van der Waals surface area contributed by atoms with E-state index in [9.17, 15) is 18.4 Å². The summed E-state index contributed by atoms with van der Waals surface area (Å²) in [5, 5.41) is 5.66. The van der Waals surface area contributed by atoms with Crippen LogP contribution in [-0.2, 0) is 19.1 Å². The molecule has 0 saturated heterocycles. The van der Waals surface area contributed by atoms with E-state index in [-0.39, 0.29) is 0 Å². The lowest BCUT2D eigenvalue weighted by molar-refractivity contribution is -0.172. The quantitative estimate of drug-likeness (QED) is 0.163. The second-order valence-corrected chi connectivity index (χ2v) is 8.89. The number of hydrogen-bond donors (Lipinski definition) is 2. The number of nitrogens with zero attached hydrogens (tertiary/aromatic N) is 2. The number of carbonyl (C=O) groups excluding carboxylic acids is 2. The molecule has 4 aromatic rings. The molecule has 2 unspecified atom stereocenters. The Hall–Kier alpha value is -5.06. The van der Waals surface area contributed by atoms with Crippen molar-refractivity contribution in [3.05, 3.63) is 144 Å². The van der Waals surface area contributed by atoms with Gasteiger partial charge >= 0.3 is 11.9 Å². The molecule has 2 aromatic carbocycles. The lowest BCUT2D eigenvalue weighted by atomic mass is 9.98. The SMILES string of the molecule is CNC(C=C(c1ccc(F)cc1)c1cccnc1)OC(=O)C(=O)OC(C=C(c1ccc(F)cc1)c1cccnc1)NC. The zero-order valence-corrected chi connectivity index (χ0v) is 22.8. The van der Waals surface area contributed by atoms with Crippen LogP contribution in [0.25, 0.3) is 11.1 Å². The number of halogens is 2. The van der Waals surface area contributed by atoms with Crippen LogP contribution in [0.1, 0.15) is 22.3 Å². The van der Waals surface area contributed by atoms with Crippen LogP contribution in [0.4, 0.5) is 8.78 Å².